The van der Waals surface area contributed by atoms with Crippen LogP contribution < -0.4 is 10.5 Å². The Balaban J connectivity index is 2.53. The lowest BCUT2D eigenvalue weighted by molar-refractivity contribution is -0.384. The van der Waals surface area contributed by atoms with Crippen LogP contribution in [0.3, 0.4) is 0 Å². The molecular formula is C9H12N2O4. The van der Waals surface area contributed by atoms with Crippen molar-refractivity contribution in [3.05, 3.63) is 34.4 Å². The summed E-state index contributed by atoms with van der Waals surface area (Å²) in [6.07, 6.45) is -0.722. The highest BCUT2D eigenvalue weighted by atomic mass is 16.6. The number of non-ortho nitro benzene ring substituents is 1. The Bertz CT molecular complexity index is 325. The van der Waals surface area contributed by atoms with Gasteiger partial charge in [0, 0.05) is 18.7 Å². The monoisotopic (exact) mass is 212 g/mol. The second-order valence-electron chi connectivity index (χ2n) is 2.95. The van der Waals surface area contributed by atoms with Crippen molar-refractivity contribution in [2.45, 2.75) is 6.10 Å². The molecule has 15 heavy (non-hydrogen) atoms. The van der Waals surface area contributed by atoms with Crippen molar-refractivity contribution in [1.82, 2.24) is 0 Å². The summed E-state index contributed by atoms with van der Waals surface area (Å²) in [7, 11) is 0. The number of rotatable bonds is 5. The molecule has 0 aliphatic carbocycles. The predicted octanol–water partition coefficient (Wildman–Crippen LogP) is 0.293. The molecule has 0 amide bonds. The molecule has 82 valence electrons. The topological polar surface area (TPSA) is 98.6 Å². The first-order chi connectivity index (χ1) is 7.13. The van der Waals surface area contributed by atoms with Crippen LogP contribution in [0.2, 0.25) is 0 Å². The zero-order chi connectivity index (χ0) is 11.3. The van der Waals surface area contributed by atoms with E-state index in [1.165, 1.54) is 24.3 Å². The molecule has 1 atom stereocenters. The maximum absolute atomic E-state index is 10.3. The summed E-state index contributed by atoms with van der Waals surface area (Å²) in [6, 6.07) is 5.62. The van der Waals surface area contributed by atoms with E-state index in [9.17, 15) is 10.1 Å². The Morgan fingerprint density at radius 1 is 1.47 bits per heavy atom. The Morgan fingerprint density at radius 2 is 2.07 bits per heavy atom. The molecule has 1 unspecified atom stereocenters. The number of nitro groups is 1. The van der Waals surface area contributed by atoms with E-state index in [1.807, 2.05) is 0 Å². The van der Waals surface area contributed by atoms with Gasteiger partial charge in [0.05, 0.1) is 4.92 Å². The number of nitrogens with two attached hydrogens (primary N) is 1. The molecule has 0 saturated heterocycles. The minimum Gasteiger partial charge on any atom is -0.491 e. The van der Waals surface area contributed by atoms with E-state index in [1.54, 1.807) is 0 Å². The Hall–Kier alpha value is -1.66. The molecule has 1 aromatic rings. The fraction of sp³-hybridized carbons (Fsp3) is 0.333. The minimum absolute atomic E-state index is 0.00160. The van der Waals surface area contributed by atoms with Crippen molar-refractivity contribution < 1.29 is 14.8 Å². The molecule has 0 aliphatic heterocycles. The summed E-state index contributed by atoms with van der Waals surface area (Å²) in [6.45, 7) is 0.196. The van der Waals surface area contributed by atoms with Gasteiger partial charge in [-0.25, -0.2) is 0 Å². The zero-order valence-electron chi connectivity index (χ0n) is 8.00. The highest BCUT2D eigenvalue weighted by molar-refractivity contribution is 5.35. The van der Waals surface area contributed by atoms with Crippen molar-refractivity contribution >= 4 is 5.69 Å². The summed E-state index contributed by atoms with van der Waals surface area (Å²) in [5, 5.41) is 19.4. The van der Waals surface area contributed by atoms with Crippen LogP contribution in [-0.2, 0) is 0 Å². The molecule has 0 heterocycles. The van der Waals surface area contributed by atoms with Gasteiger partial charge in [0.1, 0.15) is 18.5 Å². The van der Waals surface area contributed by atoms with Crippen molar-refractivity contribution in [2.75, 3.05) is 13.2 Å². The number of ether oxygens (including phenoxy) is 1. The van der Waals surface area contributed by atoms with E-state index >= 15 is 0 Å². The second kappa shape index (κ2) is 5.28. The quantitative estimate of drug-likeness (QED) is 0.540. The van der Waals surface area contributed by atoms with Crippen molar-refractivity contribution in [3.8, 4) is 5.75 Å². The van der Waals surface area contributed by atoms with E-state index in [-0.39, 0.29) is 18.8 Å². The number of aliphatic hydroxyl groups is 1. The zero-order valence-corrected chi connectivity index (χ0v) is 8.00. The number of nitro benzene ring substituents is 1. The lowest BCUT2D eigenvalue weighted by atomic mass is 10.3. The Labute approximate surface area is 86.4 Å². The maximum Gasteiger partial charge on any atom is 0.269 e. The van der Waals surface area contributed by atoms with Gasteiger partial charge in [0.25, 0.3) is 5.69 Å². The van der Waals surface area contributed by atoms with Gasteiger partial charge in [-0.15, -0.1) is 0 Å². The van der Waals surface area contributed by atoms with Gasteiger partial charge in [-0.1, -0.05) is 0 Å². The normalized spacial score (nSPS) is 12.1. The summed E-state index contributed by atoms with van der Waals surface area (Å²) >= 11 is 0. The Morgan fingerprint density at radius 3 is 2.53 bits per heavy atom. The third-order valence-corrected chi connectivity index (χ3v) is 1.76. The van der Waals surface area contributed by atoms with Gasteiger partial charge in [-0.3, -0.25) is 10.1 Å². The van der Waals surface area contributed by atoms with Crippen LogP contribution in [0, 0.1) is 10.1 Å². The maximum atomic E-state index is 10.3. The first-order valence-corrected chi connectivity index (χ1v) is 4.39. The van der Waals surface area contributed by atoms with Gasteiger partial charge >= 0.3 is 0 Å². The summed E-state index contributed by atoms with van der Waals surface area (Å²) in [4.78, 5) is 9.85. The first-order valence-electron chi connectivity index (χ1n) is 4.39. The fourth-order valence-corrected chi connectivity index (χ4v) is 0.925. The van der Waals surface area contributed by atoms with Gasteiger partial charge in [0.15, 0.2) is 0 Å². The third kappa shape index (κ3) is 3.53. The average molecular weight is 212 g/mol. The lowest BCUT2D eigenvalue weighted by Gasteiger charge is -2.09. The number of benzene rings is 1. The molecule has 3 N–H and O–H groups in total. The van der Waals surface area contributed by atoms with Gasteiger partial charge in [-0.05, 0) is 12.1 Å². The molecule has 0 aromatic heterocycles. The fourth-order valence-electron chi connectivity index (χ4n) is 0.925. The number of hydrogen-bond acceptors (Lipinski definition) is 5. The van der Waals surface area contributed by atoms with Crippen molar-refractivity contribution in [3.63, 3.8) is 0 Å². The van der Waals surface area contributed by atoms with Gasteiger partial charge in [0.2, 0.25) is 0 Å². The van der Waals surface area contributed by atoms with Crippen LogP contribution >= 0.6 is 0 Å². The smallest absolute Gasteiger partial charge is 0.269 e. The molecule has 0 saturated carbocycles. The van der Waals surface area contributed by atoms with Crippen LogP contribution in [0.4, 0.5) is 5.69 Å². The first kappa shape index (κ1) is 11.4. The van der Waals surface area contributed by atoms with Crippen molar-refractivity contribution in [2.24, 2.45) is 5.73 Å². The van der Waals surface area contributed by atoms with Crippen LogP contribution in [0.1, 0.15) is 0 Å². The minimum atomic E-state index is -0.722. The van der Waals surface area contributed by atoms with E-state index in [2.05, 4.69) is 0 Å². The van der Waals surface area contributed by atoms with E-state index < -0.39 is 11.0 Å². The van der Waals surface area contributed by atoms with Crippen molar-refractivity contribution in [1.29, 1.82) is 0 Å². The number of nitrogens with zero attached hydrogens (tertiary/aromatic N) is 1. The van der Waals surface area contributed by atoms with Crippen LogP contribution in [0.15, 0.2) is 24.3 Å². The molecule has 1 rings (SSSR count). The van der Waals surface area contributed by atoms with E-state index in [0.717, 1.165) is 0 Å². The largest absolute Gasteiger partial charge is 0.491 e. The average Bonchev–Trinajstić information content (AvgIpc) is 2.26. The summed E-state index contributed by atoms with van der Waals surface area (Å²) < 4.78 is 5.14. The Kier molecular flexibility index (Phi) is 4.02. The molecule has 0 aliphatic rings. The SMILES string of the molecule is NCC(O)COc1ccc([N+](=O)[O-])cc1. The van der Waals surface area contributed by atoms with Crippen LogP contribution in [0.5, 0.6) is 5.75 Å². The molecule has 0 fully saturated rings. The number of aliphatic hydroxyl groups excluding tert-OH is 1. The molecular weight excluding hydrogens is 200 g/mol. The third-order valence-electron chi connectivity index (χ3n) is 1.76. The van der Waals surface area contributed by atoms with Crippen LogP contribution in [0.25, 0.3) is 0 Å². The van der Waals surface area contributed by atoms with Gasteiger partial charge in [-0.2, -0.15) is 0 Å². The second-order valence-corrected chi connectivity index (χ2v) is 2.95. The van der Waals surface area contributed by atoms with Crippen LogP contribution in [-0.4, -0.2) is 29.3 Å². The molecule has 1 aromatic carbocycles. The van der Waals surface area contributed by atoms with Gasteiger partial charge < -0.3 is 15.6 Å². The molecule has 0 bridgehead atoms. The summed E-state index contributed by atoms with van der Waals surface area (Å²) in [5.74, 6) is 0.466. The number of hydrogen-bond donors (Lipinski definition) is 2. The predicted molar refractivity (Wildman–Crippen MR) is 53.7 cm³/mol. The summed E-state index contributed by atoms with van der Waals surface area (Å²) in [5.41, 5.74) is 5.18. The lowest BCUT2D eigenvalue weighted by Crippen LogP contribution is -2.26. The molecule has 6 nitrogen and oxygen atoms in total. The van der Waals surface area contributed by atoms with E-state index in [0.29, 0.717) is 5.75 Å². The van der Waals surface area contributed by atoms with E-state index in [4.69, 9.17) is 15.6 Å². The molecule has 0 spiro atoms. The highest BCUT2D eigenvalue weighted by Crippen LogP contribution is 2.17. The highest BCUT2D eigenvalue weighted by Gasteiger charge is 2.05. The standard InChI is InChI=1S/C9H12N2O4/c10-5-8(12)6-15-9-3-1-7(2-4-9)11(13)14/h1-4,8,12H,5-6,10H2. The molecule has 0 radical (unpaired) electrons. The molecule has 6 heteroatoms.